The third-order valence-electron chi connectivity index (χ3n) is 5.59. The Morgan fingerprint density at radius 3 is 2.74 bits per heavy atom. The topological polar surface area (TPSA) is 102 Å². The van der Waals surface area contributed by atoms with Crippen LogP contribution in [0.2, 0.25) is 0 Å². The average Bonchev–Trinajstić information content (AvgIpc) is 3.30. The number of aromatic nitrogens is 3. The number of aliphatic hydroxyl groups is 1. The smallest absolute Gasteiger partial charge is 0.278 e. The monoisotopic (exact) mass is 442 g/mol. The highest BCUT2D eigenvalue weighted by Gasteiger charge is 2.37. The lowest BCUT2D eigenvalue weighted by Crippen LogP contribution is -2.34. The number of hydrogen-bond donors (Lipinski definition) is 1. The van der Waals surface area contributed by atoms with Crippen LogP contribution >= 0.6 is 11.3 Å². The Bertz CT molecular complexity index is 1040. The molecule has 1 fully saturated rings. The number of para-hydroxylation sites is 1. The molecule has 0 aliphatic carbocycles. The minimum atomic E-state index is -1.04. The summed E-state index contributed by atoms with van der Waals surface area (Å²) in [7, 11) is 0. The van der Waals surface area contributed by atoms with Gasteiger partial charge in [0, 0.05) is 30.8 Å². The quantitative estimate of drug-likeness (QED) is 0.625. The molecule has 1 atom stereocenters. The number of benzene rings is 1. The van der Waals surface area contributed by atoms with Crippen molar-refractivity contribution in [1.29, 1.82) is 0 Å². The second-order valence-electron chi connectivity index (χ2n) is 7.81. The maximum atomic E-state index is 12.7. The van der Waals surface area contributed by atoms with Gasteiger partial charge in [0.15, 0.2) is 5.69 Å². The van der Waals surface area contributed by atoms with E-state index < -0.39 is 5.60 Å². The van der Waals surface area contributed by atoms with Gasteiger partial charge in [0.05, 0.1) is 12.3 Å². The first kappa shape index (κ1) is 21.5. The molecule has 164 valence electrons. The van der Waals surface area contributed by atoms with Crippen LogP contribution in [0.15, 0.2) is 35.0 Å². The third kappa shape index (κ3) is 4.77. The van der Waals surface area contributed by atoms with Crippen LogP contribution in [-0.2, 0) is 12.0 Å². The zero-order valence-corrected chi connectivity index (χ0v) is 18.5. The summed E-state index contributed by atoms with van der Waals surface area (Å²) in [6.07, 6.45) is 2.39. The Kier molecular flexibility index (Phi) is 6.33. The number of aryl methyl sites for hydroxylation is 2. The van der Waals surface area contributed by atoms with Gasteiger partial charge in [-0.3, -0.25) is 4.79 Å². The van der Waals surface area contributed by atoms with Crippen molar-refractivity contribution < 1.29 is 19.3 Å². The van der Waals surface area contributed by atoms with Crippen LogP contribution < -0.4 is 4.74 Å². The third-order valence-corrected chi connectivity index (χ3v) is 7.00. The summed E-state index contributed by atoms with van der Waals surface area (Å²) in [6.45, 7) is 5.19. The summed E-state index contributed by atoms with van der Waals surface area (Å²) in [5, 5.41) is 19.5. The van der Waals surface area contributed by atoms with Crippen LogP contribution in [0, 0.1) is 13.8 Å². The molecule has 0 saturated carbocycles. The van der Waals surface area contributed by atoms with E-state index in [4.69, 9.17) is 4.74 Å². The first-order valence-electron chi connectivity index (χ1n) is 10.4. The molecule has 9 heteroatoms. The molecule has 1 aromatic carbocycles. The van der Waals surface area contributed by atoms with Crippen LogP contribution in [0.3, 0.4) is 0 Å². The maximum Gasteiger partial charge on any atom is 0.278 e. The van der Waals surface area contributed by atoms with E-state index in [-0.39, 0.29) is 11.6 Å². The summed E-state index contributed by atoms with van der Waals surface area (Å²) in [5.74, 6) is 0.631. The van der Waals surface area contributed by atoms with Crippen molar-refractivity contribution in [3.05, 3.63) is 57.3 Å². The average molecular weight is 443 g/mol. The van der Waals surface area contributed by atoms with E-state index >= 15 is 0 Å². The molecule has 3 aromatic rings. The minimum Gasteiger partial charge on any atom is -0.493 e. The number of hydrogen-bond acceptors (Lipinski definition) is 8. The highest BCUT2D eigenvalue weighted by molar-refractivity contribution is 7.11. The highest BCUT2D eigenvalue weighted by atomic mass is 32.1. The van der Waals surface area contributed by atoms with Crippen molar-refractivity contribution in [2.75, 3.05) is 19.7 Å². The van der Waals surface area contributed by atoms with E-state index in [9.17, 15) is 9.90 Å². The Hall–Kier alpha value is -2.78. The summed E-state index contributed by atoms with van der Waals surface area (Å²) >= 11 is 1.54. The summed E-state index contributed by atoms with van der Waals surface area (Å²) in [6, 6.07) is 9.72. The number of amides is 1. The summed E-state index contributed by atoms with van der Waals surface area (Å²) in [4.78, 5) is 20.2. The molecule has 4 rings (SSSR count). The van der Waals surface area contributed by atoms with Gasteiger partial charge in [0.1, 0.15) is 22.1 Å². The fourth-order valence-corrected chi connectivity index (χ4v) is 4.94. The van der Waals surface area contributed by atoms with Crippen LogP contribution in [0.4, 0.5) is 0 Å². The van der Waals surface area contributed by atoms with Crippen molar-refractivity contribution in [3.63, 3.8) is 0 Å². The fourth-order valence-electron chi connectivity index (χ4n) is 3.75. The predicted octanol–water partition coefficient (Wildman–Crippen LogP) is 3.28. The van der Waals surface area contributed by atoms with Gasteiger partial charge in [0.2, 0.25) is 0 Å². The van der Waals surface area contributed by atoms with Crippen LogP contribution in [0.5, 0.6) is 5.75 Å². The summed E-state index contributed by atoms with van der Waals surface area (Å²) < 4.78 is 10.5. The van der Waals surface area contributed by atoms with Gasteiger partial charge < -0.3 is 14.7 Å². The molecular formula is C22H26N4O4S. The molecule has 0 unspecified atom stereocenters. The standard InChI is InChI=1S/C22H26N4O4S/c1-15-18(9-14-29-17-7-4-3-5-8-17)31-21(23-15)22(28)10-6-12-26(13-11-22)20(27)19-16(2)24-30-25-19/h3-5,7-8,28H,6,9-14H2,1-2H3/t22-/m1/s1. The van der Waals surface area contributed by atoms with E-state index in [1.54, 1.807) is 11.8 Å². The van der Waals surface area contributed by atoms with E-state index in [1.807, 2.05) is 37.3 Å². The van der Waals surface area contributed by atoms with Gasteiger partial charge in [-0.2, -0.15) is 0 Å². The van der Waals surface area contributed by atoms with Gasteiger partial charge >= 0.3 is 0 Å². The van der Waals surface area contributed by atoms with E-state index in [0.29, 0.717) is 49.7 Å². The van der Waals surface area contributed by atoms with Gasteiger partial charge in [-0.05, 0) is 44.0 Å². The van der Waals surface area contributed by atoms with Crippen molar-refractivity contribution >= 4 is 17.2 Å². The van der Waals surface area contributed by atoms with Crippen LogP contribution in [0.25, 0.3) is 0 Å². The Balaban J connectivity index is 1.40. The molecule has 31 heavy (non-hydrogen) atoms. The van der Waals surface area contributed by atoms with Gasteiger partial charge in [-0.15, -0.1) is 11.3 Å². The number of nitrogens with zero attached hydrogens (tertiary/aromatic N) is 4. The molecule has 0 spiro atoms. The molecule has 1 saturated heterocycles. The molecule has 0 radical (unpaired) electrons. The molecule has 1 aliphatic heterocycles. The highest BCUT2D eigenvalue weighted by Crippen LogP contribution is 2.37. The lowest BCUT2D eigenvalue weighted by Gasteiger charge is -2.24. The number of thiazole rings is 1. The van der Waals surface area contributed by atoms with E-state index in [2.05, 4.69) is 19.9 Å². The van der Waals surface area contributed by atoms with Gasteiger partial charge in [-0.25, -0.2) is 9.61 Å². The SMILES string of the molecule is Cc1nonc1C(=O)N1CCC[C@](O)(c2nc(C)c(CCOc3ccccc3)s2)CC1. The van der Waals surface area contributed by atoms with E-state index in [0.717, 1.165) is 22.7 Å². The first-order valence-corrected chi connectivity index (χ1v) is 11.2. The summed E-state index contributed by atoms with van der Waals surface area (Å²) in [5.41, 5.74) is 0.588. The number of likely N-dealkylation sites (tertiary alicyclic amines) is 1. The van der Waals surface area contributed by atoms with Crippen molar-refractivity contribution in [2.24, 2.45) is 0 Å². The lowest BCUT2D eigenvalue weighted by atomic mass is 9.96. The molecule has 1 amide bonds. The van der Waals surface area contributed by atoms with Gasteiger partial charge in [0.25, 0.3) is 5.91 Å². The molecule has 0 bridgehead atoms. The molecule has 2 aromatic heterocycles. The Morgan fingerprint density at radius 1 is 1.19 bits per heavy atom. The van der Waals surface area contributed by atoms with Crippen molar-refractivity contribution in [1.82, 2.24) is 20.2 Å². The maximum absolute atomic E-state index is 12.7. The Labute approximate surface area is 184 Å². The second kappa shape index (κ2) is 9.15. The van der Waals surface area contributed by atoms with Crippen molar-refractivity contribution in [2.45, 2.75) is 45.1 Å². The number of carbonyl (C=O) groups is 1. The zero-order valence-electron chi connectivity index (χ0n) is 17.7. The van der Waals surface area contributed by atoms with Crippen molar-refractivity contribution in [3.8, 4) is 5.75 Å². The minimum absolute atomic E-state index is 0.211. The predicted molar refractivity (Wildman–Crippen MR) is 115 cm³/mol. The fraction of sp³-hybridized carbons (Fsp3) is 0.455. The van der Waals surface area contributed by atoms with E-state index in [1.165, 1.54) is 11.3 Å². The van der Waals surface area contributed by atoms with Crippen LogP contribution in [-0.4, -0.2) is 50.9 Å². The van der Waals surface area contributed by atoms with Crippen LogP contribution in [0.1, 0.15) is 51.0 Å². The van der Waals surface area contributed by atoms with Gasteiger partial charge in [-0.1, -0.05) is 23.4 Å². The molecular weight excluding hydrogens is 416 g/mol. The molecule has 3 heterocycles. The second-order valence-corrected chi connectivity index (χ2v) is 8.90. The first-order chi connectivity index (χ1) is 15.0. The number of ether oxygens (including phenoxy) is 1. The largest absolute Gasteiger partial charge is 0.493 e. The molecule has 1 N–H and O–H groups in total. The number of carbonyl (C=O) groups excluding carboxylic acids is 1. The number of rotatable bonds is 6. The molecule has 8 nitrogen and oxygen atoms in total. The Morgan fingerprint density at radius 2 is 2.00 bits per heavy atom. The normalized spacial score (nSPS) is 19.3. The zero-order chi connectivity index (χ0) is 21.8. The molecule has 1 aliphatic rings. The lowest BCUT2D eigenvalue weighted by molar-refractivity contribution is 0.0209.